The van der Waals surface area contributed by atoms with Crippen LogP contribution in [-0.4, -0.2) is 15.9 Å². The minimum absolute atomic E-state index is 0.0969. The van der Waals surface area contributed by atoms with Gasteiger partial charge < -0.3 is 11.1 Å². The fourth-order valence-electron chi connectivity index (χ4n) is 1.97. The van der Waals surface area contributed by atoms with Crippen molar-refractivity contribution in [2.75, 3.05) is 11.1 Å². The highest BCUT2D eigenvalue weighted by Crippen LogP contribution is 2.18. The predicted molar refractivity (Wildman–Crippen MR) is 82.8 cm³/mol. The number of aromatic amines is 1. The van der Waals surface area contributed by atoms with Crippen molar-refractivity contribution in [3.05, 3.63) is 66.7 Å². The van der Waals surface area contributed by atoms with Gasteiger partial charge in [0.2, 0.25) is 0 Å². The molecule has 0 fully saturated rings. The van der Waals surface area contributed by atoms with E-state index in [9.17, 15) is 4.79 Å². The molecule has 108 valence electrons. The van der Waals surface area contributed by atoms with Crippen LogP contribution in [0.4, 0.5) is 11.5 Å². The zero-order valence-electron chi connectivity index (χ0n) is 11.7. The van der Waals surface area contributed by atoms with Gasteiger partial charge in [-0.1, -0.05) is 18.2 Å². The van der Waals surface area contributed by atoms with Gasteiger partial charge in [-0.05, 0) is 12.1 Å². The highest BCUT2D eigenvalue weighted by atomic mass is 16.1. The number of carbonyl (C=O) groups excluding carboxylic acids is 1. The van der Waals surface area contributed by atoms with Crippen LogP contribution in [0.5, 0.6) is 0 Å². The van der Waals surface area contributed by atoms with Crippen molar-refractivity contribution in [1.29, 1.82) is 0 Å². The summed E-state index contributed by atoms with van der Waals surface area (Å²) in [6.07, 6.45) is 5.10. The maximum absolute atomic E-state index is 12.3. The lowest BCUT2D eigenvalue weighted by molar-refractivity contribution is -0.377. The SMILES string of the molecule is Nc1ncc(-c2cc[nH+]cc2)nc1C(=O)Nc1ccccc1. The van der Waals surface area contributed by atoms with Gasteiger partial charge >= 0.3 is 0 Å². The van der Waals surface area contributed by atoms with Crippen molar-refractivity contribution in [3.63, 3.8) is 0 Å². The van der Waals surface area contributed by atoms with E-state index in [2.05, 4.69) is 20.3 Å². The molecule has 1 amide bonds. The third-order valence-electron chi connectivity index (χ3n) is 3.06. The lowest BCUT2D eigenvalue weighted by atomic mass is 10.2. The van der Waals surface area contributed by atoms with Gasteiger partial charge in [0.05, 0.1) is 11.9 Å². The highest BCUT2D eigenvalue weighted by molar-refractivity contribution is 6.05. The number of amides is 1. The molecule has 0 aliphatic heterocycles. The Hall–Kier alpha value is -3.28. The van der Waals surface area contributed by atoms with Crippen molar-refractivity contribution in [1.82, 2.24) is 9.97 Å². The molecule has 4 N–H and O–H groups in total. The first-order chi connectivity index (χ1) is 10.7. The van der Waals surface area contributed by atoms with Gasteiger partial charge in [0.25, 0.3) is 5.91 Å². The number of hydrogen-bond donors (Lipinski definition) is 2. The predicted octanol–water partition coefficient (Wildman–Crippen LogP) is 1.79. The van der Waals surface area contributed by atoms with Gasteiger partial charge in [-0.2, -0.15) is 0 Å². The van der Waals surface area contributed by atoms with E-state index < -0.39 is 0 Å². The van der Waals surface area contributed by atoms with Gasteiger partial charge in [0.1, 0.15) is 0 Å². The van der Waals surface area contributed by atoms with Gasteiger partial charge in [0.15, 0.2) is 23.9 Å². The number of nitrogens with two attached hydrogens (primary N) is 1. The van der Waals surface area contributed by atoms with E-state index in [0.717, 1.165) is 5.56 Å². The van der Waals surface area contributed by atoms with Crippen LogP contribution in [0.15, 0.2) is 61.1 Å². The first-order valence-corrected chi connectivity index (χ1v) is 6.69. The lowest BCUT2D eigenvalue weighted by Crippen LogP contribution is -2.17. The standard InChI is InChI=1S/C16H13N5O/c17-15-14(16(22)20-12-4-2-1-3-5-12)21-13(10-19-15)11-6-8-18-9-7-11/h1-10H,(H2,17,19)(H,20,22)/p+1. The number of nitrogen functional groups attached to an aromatic ring is 1. The smallest absolute Gasteiger partial charge is 0.278 e. The molecular weight excluding hydrogens is 278 g/mol. The average molecular weight is 292 g/mol. The number of para-hydroxylation sites is 1. The van der Waals surface area contributed by atoms with Crippen molar-refractivity contribution in [3.8, 4) is 11.3 Å². The summed E-state index contributed by atoms with van der Waals surface area (Å²) in [5, 5.41) is 2.75. The average Bonchev–Trinajstić information content (AvgIpc) is 2.57. The van der Waals surface area contributed by atoms with Crippen molar-refractivity contribution in [2.45, 2.75) is 0 Å². The zero-order chi connectivity index (χ0) is 15.4. The summed E-state index contributed by atoms with van der Waals surface area (Å²) in [5.41, 5.74) is 7.99. The number of H-pyrrole nitrogens is 1. The molecule has 6 heteroatoms. The second-order valence-electron chi connectivity index (χ2n) is 4.60. The van der Waals surface area contributed by atoms with Crippen molar-refractivity contribution in [2.24, 2.45) is 0 Å². The number of benzene rings is 1. The molecule has 0 bridgehead atoms. The van der Waals surface area contributed by atoms with Crippen LogP contribution in [0.1, 0.15) is 10.5 Å². The third-order valence-corrected chi connectivity index (χ3v) is 3.06. The molecule has 0 radical (unpaired) electrons. The van der Waals surface area contributed by atoms with E-state index in [-0.39, 0.29) is 17.4 Å². The molecule has 1 aromatic carbocycles. The number of aromatic nitrogens is 3. The fraction of sp³-hybridized carbons (Fsp3) is 0. The van der Waals surface area contributed by atoms with Gasteiger partial charge in [-0.25, -0.2) is 15.0 Å². The normalized spacial score (nSPS) is 10.2. The molecule has 0 spiro atoms. The summed E-state index contributed by atoms with van der Waals surface area (Å²) in [6, 6.07) is 12.8. The van der Waals surface area contributed by atoms with E-state index in [1.54, 1.807) is 30.7 Å². The Morgan fingerprint density at radius 1 is 1.09 bits per heavy atom. The Balaban J connectivity index is 1.91. The quantitative estimate of drug-likeness (QED) is 0.769. The highest BCUT2D eigenvalue weighted by Gasteiger charge is 2.15. The maximum atomic E-state index is 12.3. The third kappa shape index (κ3) is 2.90. The molecule has 6 nitrogen and oxygen atoms in total. The van der Waals surface area contributed by atoms with Crippen LogP contribution in [0, 0.1) is 0 Å². The van der Waals surface area contributed by atoms with Crippen LogP contribution in [0.3, 0.4) is 0 Å². The second-order valence-corrected chi connectivity index (χ2v) is 4.60. The summed E-state index contributed by atoms with van der Waals surface area (Å²) in [7, 11) is 0. The molecule has 0 atom stereocenters. The molecule has 0 unspecified atom stereocenters. The Labute approximate surface area is 127 Å². The number of nitrogens with zero attached hydrogens (tertiary/aromatic N) is 2. The minimum Gasteiger partial charge on any atom is -0.382 e. The second kappa shape index (κ2) is 6.01. The van der Waals surface area contributed by atoms with Gasteiger partial charge in [-0.3, -0.25) is 4.79 Å². The number of rotatable bonds is 3. The Bertz CT molecular complexity index is 790. The van der Waals surface area contributed by atoms with Gasteiger partial charge in [0, 0.05) is 23.4 Å². The van der Waals surface area contributed by atoms with Crippen LogP contribution < -0.4 is 16.0 Å². The van der Waals surface area contributed by atoms with Crippen LogP contribution >= 0.6 is 0 Å². The topological polar surface area (TPSA) is 95.0 Å². The Morgan fingerprint density at radius 2 is 1.82 bits per heavy atom. The summed E-state index contributed by atoms with van der Waals surface area (Å²) in [6.45, 7) is 0. The first kappa shape index (κ1) is 13.7. The van der Waals surface area contributed by atoms with Crippen molar-refractivity contribution >= 4 is 17.4 Å². The zero-order valence-corrected chi connectivity index (χ0v) is 11.7. The molecule has 0 saturated heterocycles. The molecule has 0 aliphatic carbocycles. The molecule has 0 aliphatic rings. The molecule has 0 saturated carbocycles. The van der Waals surface area contributed by atoms with E-state index in [1.807, 2.05) is 30.3 Å². The molecule has 22 heavy (non-hydrogen) atoms. The summed E-state index contributed by atoms with van der Waals surface area (Å²) in [5.74, 6) is -0.291. The lowest BCUT2D eigenvalue weighted by Gasteiger charge is -2.07. The van der Waals surface area contributed by atoms with Crippen LogP contribution in [0.25, 0.3) is 11.3 Å². The molecule has 3 aromatic rings. The fourth-order valence-corrected chi connectivity index (χ4v) is 1.97. The Kier molecular flexibility index (Phi) is 3.74. The number of nitrogens with one attached hydrogen (secondary N) is 2. The van der Waals surface area contributed by atoms with Crippen LogP contribution in [0.2, 0.25) is 0 Å². The number of hydrogen-bond acceptors (Lipinski definition) is 4. The summed E-state index contributed by atoms with van der Waals surface area (Å²) in [4.78, 5) is 23.6. The van der Waals surface area contributed by atoms with E-state index in [1.165, 1.54) is 0 Å². The Morgan fingerprint density at radius 3 is 2.55 bits per heavy atom. The molecule has 2 heterocycles. The van der Waals surface area contributed by atoms with E-state index in [4.69, 9.17) is 5.73 Å². The molecule has 2 aromatic heterocycles. The molecular formula is C16H14N5O+. The minimum atomic E-state index is -0.388. The maximum Gasteiger partial charge on any atom is 0.278 e. The number of pyridine rings is 1. The molecule has 3 rings (SSSR count). The van der Waals surface area contributed by atoms with Crippen LogP contribution in [-0.2, 0) is 0 Å². The summed E-state index contributed by atoms with van der Waals surface area (Å²) < 4.78 is 0. The van der Waals surface area contributed by atoms with E-state index in [0.29, 0.717) is 11.4 Å². The first-order valence-electron chi connectivity index (χ1n) is 6.69. The van der Waals surface area contributed by atoms with Gasteiger partial charge in [-0.15, -0.1) is 0 Å². The van der Waals surface area contributed by atoms with E-state index >= 15 is 0 Å². The summed E-state index contributed by atoms with van der Waals surface area (Å²) >= 11 is 0. The van der Waals surface area contributed by atoms with Crippen molar-refractivity contribution < 1.29 is 9.78 Å². The number of carbonyl (C=O) groups is 1. The number of anilines is 2. The monoisotopic (exact) mass is 292 g/mol. The largest absolute Gasteiger partial charge is 0.382 e.